The number of hydrogen-bond acceptors (Lipinski definition) is 2. The molecule has 20 heavy (non-hydrogen) atoms. The molecule has 0 aromatic heterocycles. The molecule has 0 saturated heterocycles. The number of benzene rings is 1. The van der Waals surface area contributed by atoms with E-state index in [2.05, 4.69) is 29.6 Å². The second-order valence-electron chi connectivity index (χ2n) is 6.62. The van der Waals surface area contributed by atoms with Gasteiger partial charge in [-0.1, -0.05) is 30.7 Å². The Morgan fingerprint density at radius 1 is 1.25 bits per heavy atom. The van der Waals surface area contributed by atoms with Crippen LogP contribution in [0.25, 0.3) is 0 Å². The molecule has 2 heteroatoms. The number of nitrogens with one attached hydrogen (secondary N) is 1. The minimum atomic E-state index is 0.539. The van der Waals surface area contributed by atoms with E-state index in [1.165, 1.54) is 44.9 Å². The van der Waals surface area contributed by atoms with Gasteiger partial charge in [-0.05, 0) is 55.1 Å². The average molecular weight is 273 g/mol. The van der Waals surface area contributed by atoms with Gasteiger partial charge in [0.25, 0.3) is 0 Å². The Morgan fingerprint density at radius 2 is 2.10 bits per heavy atom. The van der Waals surface area contributed by atoms with E-state index < -0.39 is 0 Å². The number of ether oxygens (including phenoxy) is 1. The maximum atomic E-state index is 5.26. The van der Waals surface area contributed by atoms with Crippen LogP contribution in [0.1, 0.15) is 55.7 Å². The highest BCUT2D eigenvalue weighted by molar-refractivity contribution is 5.31. The Labute approximate surface area is 122 Å². The highest BCUT2D eigenvalue weighted by Crippen LogP contribution is 2.48. The summed E-state index contributed by atoms with van der Waals surface area (Å²) in [6.07, 6.45) is 9.18. The maximum Gasteiger partial charge on any atom is 0.0468 e. The Bertz CT molecular complexity index is 439. The van der Waals surface area contributed by atoms with Crippen LogP contribution in [0.3, 0.4) is 0 Å². The molecular weight excluding hydrogens is 246 g/mol. The van der Waals surface area contributed by atoms with Crippen LogP contribution in [0.5, 0.6) is 0 Å². The third-order valence-electron chi connectivity index (χ3n) is 5.14. The van der Waals surface area contributed by atoms with Crippen LogP contribution in [0, 0.1) is 5.41 Å². The zero-order chi connectivity index (χ0) is 13.8. The molecule has 0 heterocycles. The summed E-state index contributed by atoms with van der Waals surface area (Å²) in [5.74, 6) is 0. The quantitative estimate of drug-likeness (QED) is 0.795. The second-order valence-corrected chi connectivity index (χ2v) is 6.62. The first-order valence-electron chi connectivity index (χ1n) is 8.13. The van der Waals surface area contributed by atoms with Crippen molar-refractivity contribution in [2.24, 2.45) is 5.41 Å². The van der Waals surface area contributed by atoms with E-state index in [0.717, 1.165) is 13.2 Å². The van der Waals surface area contributed by atoms with E-state index in [4.69, 9.17) is 4.74 Å². The van der Waals surface area contributed by atoms with Crippen LogP contribution in [-0.4, -0.2) is 20.3 Å². The fourth-order valence-corrected chi connectivity index (χ4v) is 3.48. The minimum absolute atomic E-state index is 0.539. The van der Waals surface area contributed by atoms with Crippen molar-refractivity contribution >= 4 is 0 Å². The maximum absolute atomic E-state index is 5.26. The number of methoxy groups -OCH3 is 1. The Morgan fingerprint density at radius 3 is 2.90 bits per heavy atom. The third-order valence-corrected chi connectivity index (χ3v) is 5.14. The van der Waals surface area contributed by atoms with Gasteiger partial charge in [-0.25, -0.2) is 0 Å². The van der Waals surface area contributed by atoms with Crippen LogP contribution in [-0.2, 0) is 11.2 Å². The summed E-state index contributed by atoms with van der Waals surface area (Å²) < 4.78 is 5.26. The summed E-state index contributed by atoms with van der Waals surface area (Å²) in [5.41, 5.74) is 3.65. The minimum Gasteiger partial charge on any atom is -0.385 e. The van der Waals surface area contributed by atoms with Gasteiger partial charge in [0.15, 0.2) is 0 Å². The largest absolute Gasteiger partial charge is 0.385 e. The Hall–Kier alpha value is -0.860. The van der Waals surface area contributed by atoms with Crippen molar-refractivity contribution in [2.45, 2.75) is 51.0 Å². The Kier molecular flexibility index (Phi) is 4.42. The molecule has 2 aliphatic rings. The SMILES string of the molecule is COCCC1(CNC2CCCCc3ccccc32)CC1. The van der Waals surface area contributed by atoms with Crippen LogP contribution < -0.4 is 5.32 Å². The van der Waals surface area contributed by atoms with Crippen LogP contribution in [0.4, 0.5) is 0 Å². The Balaban J connectivity index is 1.62. The summed E-state index contributed by atoms with van der Waals surface area (Å²) in [7, 11) is 1.81. The van der Waals surface area contributed by atoms with Crippen molar-refractivity contribution in [3.8, 4) is 0 Å². The van der Waals surface area contributed by atoms with E-state index >= 15 is 0 Å². The first-order chi connectivity index (χ1) is 9.83. The molecule has 110 valence electrons. The molecule has 0 radical (unpaired) electrons. The molecule has 1 saturated carbocycles. The van der Waals surface area contributed by atoms with Crippen LogP contribution >= 0.6 is 0 Å². The molecule has 2 nitrogen and oxygen atoms in total. The van der Waals surface area contributed by atoms with Crippen molar-refractivity contribution < 1.29 is 4.74 Å². The predicted octanol–water partition coefficient (Wildman–Crippen LogP) is 3.86. The number of fused-ring (bicyclic) bond motifs is 1. The molecule has 1 fully saturated rings. The normalized spacial score (nSPS) is 23.9. The lowest BCUT2D eigenvalue weighted by atomic mass is 9.97. The fourth-order valence-electron chi connectivity index (χ4n) is 3.48. The van der Waals surface area contributed by atoms with Crippen molar-refractivity contribution in [2.75, 3.05) is 20.3 Å². The standard InChI is InChI=1S/C18H27NO/c1-20-13-12-18(10-11-18)14-19-17-9-5-3-7-15-6-2-4-8-16(15)17/h2,4,6,8,17,19H,3,5,7,9-14H2,1H3. The zero-order valence-corrected chi connectivity index (χ0v) is 12.7. The van der Waals surface area contributed by atoms with Gasteiger partial charge in [0.05, 0.1) is 0 Å². The summed E-state index contributed by atoms with van der Waals surface area (Å²) in [6, 6.07) is 9.58. The molecule has 3 rings (SSSR count). The van der Waals surface area contributed by atoms with Gasteiger partial charge in [-0.2, -0.15) is 0 Å². The van der Waals surface area contributed by atoms with Gasteiger partial charge in [0.2, 0.25) is 0 Å². The first-order valence-corrected chi connectivity index (χ1v) is 8.13. The number of rotatable bonds is 6. The van der Waals surface area contributed by atoms with Crippen molar-refractivity contribution in [3.05, 3.63) is 35.4 Å². The van der Waals surface area contributed by atoms with Crippen molar-refractivity contribution in [1.82, 2.24) is 5.32 Å². The summed E-state index contributed by atoms with van der Waals surface area (Å²) >= 11 is 0. The smallest absolute Gasteiger partial charge is 0.0468 e. The fraction of sp³-hybridized carbons (Fsp3) is 0.667. The van der Waals surface area contributed by atoms with Gasteiger partial charge < -0.3 is 10.1 Å². The average Bonchev–Trinajstić information content (AvgIpc) is 3.27. The molecule has 0 aliphatic heterocycles. The topological polar surface area (TPSA) is 21.3 Å². The van der Waals surface area contributed by atoms with Crippen molar-refractivity contribution in [3.63, 3.8) is 0 Å². The third kappa shape index (κ3) is 3.24. The summed E-state index contributed by atoms with van der Waals surface area (Å²) in [5, 5.41) is 3.87. The van der Waals surface area contributed by atoms with Gasteiger partial charge in [-0.3, -0.25) is 0 Å². The highest BCUT2D eigenvalue weighted by Gasteiger charge is 2.42. The molecule has 0 bridgehead atoms. The van der Waals surface area contributed by atoms with E-state index in [1.54, 1.807) is 11.1 Å². The first kappa shape index (κ1) is 14.1. The van der Waals surface area contributed by atoms with Gasteiger partial charge in [0.1, 0.15) is 0 Å². The van der Waals surface area contributed by atoms with E-state index in [9.17, 15) is 0 Å². The molecule has 1 aromatic rings. The molecule has 1 unspecified atom stereocenters. The summed E-state index contributed by atoms with van der Waals surface area (Å²) in [4.78, 5) is 0. The second kappa shape index (κ2) is 6.28. The number of hydrogen-bond donors (Lipinski definition) is 1. The van der Waals surface area contributed by atoms with Gasteiger partial charge >= 0.3 is 0 Å². The molecular formula is C18H27NO. The van der Waals surface area contributed by atoms with Crippen LogP contribution in [0.2, 0.25) is 0 Å². The molecule has 2 aliphatic carbocycles. The predicted molar refractivity (Wildman–Crippen MR) is 82.9 cm³/mol. The summed E-state index contributed by atoms with van der Waals surface area (Å²) in [6.45, 7) is 2.07. The van der Waals surface area contributed by atoms with E-state index in [0.29, 0.717) is 11.5 Å². The molecule has 0 amide bonds. The lowest BCUT2D eigenvalue weighted by molar-refractivity contribution is 0.170. The highest BCUT2D eigenvalue weighted by atomic mass is 16.5. The lowest BCUT2D eigenvalue weighted by Crippen LogP contribution is -2.29. The molecule has 1 atom stereocenters. The van der Waals surface area contributed by atoms with Gasteiger partial charge in [-0.15, -0.1) is 0 Å². The molecule has 1 N–H and O–H groups in total. The lowest BCUT2D eigenvalue weighted by Gasteiger charge is -2.23. The van der Waals surface area contributed by atoms with E-state index in [-0.39, 0.29) is 0 Å². The monoisotopic (exact) mass is 273 g/mol. The van der Waals surface area contributed by atoms with E-state index in [1.807, 2.05) is 7.11 Å². The van der Waals surface area contributed by atoms with Gasteiger partial charge in [0, 0.05) is 26.3 Å². The van der Waals surface area contributed by atoms with Crippen LogP contribution in [0.15, 0.2) is 24.3 Å². The molecule has 0 spiro atoms. The number of aryl methyl sites for hydroxylation is 1. The molecule has 1 aromatic carbocycles. The van der Waals surface area contributed by atoms with Crippen molar-refractivity contribution in [1.29, 1.82) is 0 Å². The zero-order valence-electron chi connectivity index (χ0n) is 12.7.